The van der Waals surface area contributed by atoms with Crippen molar-refractivity contribution in [3.63, 3.8) is 0 Å². The van der Waals surface area contributed by atoms with Gasteiger partial charge in [0, 0.05) is 24.9 Å². The number of rotatable bonds is 5. The first-order valence-electron chi connectivity index (χ1n) is 8.87. The first-order chi connectivity index (χ1) is 12.4. The fourth-order valence-corrected chi connectivity index (χ4v) is 3.11. The minimum Gasteiger partial charge on any atom is -0.478 e. The predicted octanol–water partition coefficient (Wildman–Crippen LogP) is 2.84. The average molecular weight is 357 g/mol. The molecule has 1 fully saturated rings. The predicted molar refractivity (Wildman–Crippen MR) is 94.0 cm³/mol. The van der Waals surface area contributed by atoms with Crippen molar-refractivity contribution < 1.29 is 19.2 Å². The Labute approximate surface area is 152 Å². The Morgan fingerprint density at radius 3 is 2.65 bits per heavy atom. The van der Waals surface area contributed by atoms with Crippen LogP contribution in [0.1, 0.15) is 66.2 Å². The Morgan fingerprint density at radius 2 is 2.04 bits per heavy atom. The maximum absolute atomic E-state index is 12.6. The molecule has 138 valence electrons. The molecule has 0 saturated carbocycles. The molecular weight excluding hydrogens is 334 g/mol. The summed E-state index contributed by atoms with van der Waals surface area (Å²) >= 11 is 0. The summed E-state index contributed by atoms with van der Waals surface area (Å²) in [6, 6.07) is 6.43. The van der Waals surface area contributed by atoms with Gasteiger partial charge in [-0.15, -0.1) is 0 Å². The molecule has 7 nitrogen and oxygen atoms in total. The molecular formula is C19H23N3O4. The van der Waals surface area contributed by atoms with Gasteiger partial charge in [-0.2, -0.15) is 4.98 Å². The molecule has 7 heteroatoms. The summed E-state index contributed by atoms with van der Waals surface area (Å²) in [5.74, 6) is 0.650. The summed E-state index contributed by atoms with van der Waals surface area (Å²) in [5.41, 5.74) is 1.03. The zero-order valence-electron chi connectivity index (χ0n) is 15.0. The molecule has 1 aromatic carbocycles. The molecule has 2 heterocycles. The molecule has 1 aliphatic heterocycles. The molecule has 0 spiro atoms. The highest BCUT2D eigenvalue weighted by molar-refractivity contribution is 5.87. The van der Waals surface area contributed by atoms with Crippen molar-refractivity contribution in [3.05, 3.63) is 47.1 Å². The summed E-state index contributed by atoms with van der Waals surface area (Å²) in [4.78, 5) is 29.8. The summed E-state index contributed by atoms with van der Waals surface area (Å²) in [5, 5.41) is 13.0. The van der Waals surface area contributed by atoms with Gasteiger partial charge >= 0.3 is 5.97 Å². The van der Waals surface area contributed by atoms with Gasteiger partial charge in [0.05, 0.1) is 12.0 Å². The summed E-state index contributed by atoms with van der Waals surface area (Å²) in [6.45, 7) is 5.31. The molecule has 1 aliphatic rings. The van der Waals surface area contributed by atoms with E-state index in [1.165, 1.54) is 12.1 Å². The van der Waals surface area contributed by atoms with Gasteiger partial charge in [-0.3, -0.25) is 4.79 Å². The van der Waals surface area contributed by atoms with Gasteiger partial charge in [0.1, 0.15) is 0 Å². The zero-order valence-corrected chi connectivity index (χ0v) is 15.0. The molecule has 1 aromatic heterocycles. The van der Waals surface area contributed by atoms with Crippen LogP contribution in [0.5, 0.6) is 0 Å². The molecule has 0 radical (unpaired) electrons. The van der Waals surface area contributed by atoms with E-state index in [1.807, 2.05) is 18.7 Å². The standard InChI is InChI=1S/C19H23N3O4/c1-12(2)18-20-17(21-26-18)15-4-3-9-22(11-15)16(23)10-13-5-7-14(8-6-13)19(24)25/h5-8,12,15H,3-4,9-11H2,1-2H3,(H,24,25). The van der Waals surface area contributed by atoms with E-state index in [0.717, 1.165) is 24.9 Å². The van der Waals surface area contributed by atoms with Gasteiger partial charge < -0.3 is 14.5 Å². The number of carboxylic acids is 1. The third kappa shape index (κ3) is 4.09. The highest BCUT2D eigenvalue weighted by Crippen LogP contribution is 2.26. The largest absolute Gasteiger partial charge is 0.478 e. The molecule has 26 heavy (non-hydrogen) atoms. The number of carboxylic acid groups (broad SMARTS) is 1. The van der Waals surface area contributed by atoms with Crippen molar-refractivity contribution in [2.24, 2.45) is 0 Å². The van der Waals surface area contributed by atoms with Gasteiger partial charge in [0.15, 0.2) is 5.82 Å². The van der Waals surface area contributed by atoms with Crippen molar-refractivity contribution in [1.29, 1.82) is 0 Å². The molecule has 1 N–H and O–H groups in total. The van der Waals surface area contributed by atoms with Gasteiger partial charge in [-0.1, -0.05) is 31.1 Å². The second kappa shape index (κ2) is 7.68. The van der Waals surface area contributed by atoms with E-state index in [4.69, 9.17) is 9.63 Å². The molecule has 1 unspecified atom stereocenters. The smallest absolute Gasteiger partial charge is 0.335 e. The van der Waals surface area contributed by atoms with Gasteiger partial charge in [-0.25, -0.2) is 4.79 Å². The molecule has 2 aromatic rings. The van der Waals surface area contributed by atoms with Crippen molar-refractivity contribution >= 4 is 11.9 Å². The number of likely N-dealkylation sites (tertiary alicyclic amines) is 1. The Kier molecular flexibility index (Phi) is 5.35. The Hall–Kier alpha value is -2.70. The lowest BCUT2D eigenvalue weighted by Gasteiger charge is -2.31. The van der Waals surface area contributed by atoms with E-state index in [-0.39, 0.29) is 29.7 Å². The SMILES string of the molecule is CC(C)c1nc(C2CCCN(C(=O)Cc3ccc(C(=O)O)cc3)C2)no1. The maximum atomic E-state index is 12.6. The molecule has 3 rings (SSSR count). The van der Waals surface area contributed by atoms with E-state index in [2.05, 4.69) is 10.1 Å². The number of carbonyl (C=O) groups excluding carboxylic acids is 1. The Morgan fingerprint density at radius 1 is 1.31 bits per heavy atom. The number of piperidine rings is 1. The quantitative estimate of drug-likeness (QED) is 0.884. The Bertz CT molecular complexity index is 782. The molecule has 1 saturated heterocycles. The van der Waals surface area contributed by atoms with Crippen LogP contribution in [-0.2, 0) is 11.2 Å². The lowest BCUT2D eigenvalue weighted by atomic mass is 9.96. The number of carbonyl (C=O) groups is 2. The minimum atomic E-state index is -0.970. The number of nitrogens with zero attached hydrogens (tertiary/aromatic N) is 3. The van der Waals surface area contributed by atoms with Crippen LogP contribution < -0.4 is 0 Å². The van der Waals surface area contributed by atoms with E-state index in [0.29, 0.717) is 18.3 Å². The molecule has 1 atom stereocenters. The average Bonchev–Trinajstić information content (AvgIpc) is 3.13. The van der Waals surface area contributed by atoms with Crippen LogP contribution in [0.25, 0.3) is 0 Å². The van der Waals surface area contributed by atoms with E-state index < -0.39 is 5.97 Å². The highest BCUT2D eigenvalue weighted by Gasteiger charge is 2.28. The van der Waals surface area contributed by atoms with Crippen molar-refractivity contribution in [2.75, 3.05) is 13.1 Å². The lowest BCUT2D eigenvalue weighted by Crippen LogP contribution is -2.40. The lowest BCUT2D eigenvalue weighted by molar-refractivity contribution is -0.131. The van der Waals surface area contributed by atoms with E-state index in [1.54, 1.807) is 12.1 Å². The number of aromatic nitrogens is 2. The fraction of sp³-hybridized carbons (Fsp3) is 0.474. The number of benzene rings is 1. The van der Waals surface area contributed by atoms with Gasteiger partial charge in [0.2, 0.25) is 11.8 Å². The normalized spacial score (nSPS) is 17.5. The van der Waals surface area contributed by atoms with Crippen LogP contribution in [0.3, 0.4) is 0 Å². The second-order valence-corrected chi connectivity index (χ2v) is 7.00. The van der Waals surface area contributed by atoms with Crippen LogP contribution in [-0.4, -0.2) is 45.1 Å². The van der Waals surface area contributed by atoms with Crippen LogP contribution in [0.2, 0.25) is 0 Å². The van der Waals surface area contributed by atoms with Crippen molar-refractivity contribution in [2.45, 2.75) is 44.9 Å². The molecule has 1 amide bonds. The van der Waals surface area contributed by atoms with Crippen molar-refractivity contribution in [3.8, 4) is 0 Å². The first-order valence-corrected chi connectivity index (χ1v) is 8.87. The topological polar surface area (TPSA) is 96.5 Å². The second-order valence-electron chi connectivity index (χ2n) is 7.00. The van der Waals surface area contributed by atoms with Crippen LogP contribution in [0.4, 0.5) is 0 Å². The number of amides is 1. The molecule has 0 aliphatic carbocycles. The third-order valence-electron chi connectivity index (χ3n) is 4.65. The Balaban J connectivity index is 1.62. The van der Waals surface area contributed by atoms with E-state index >= 15 is 0 Å². The summed E-state index contributed by atoms with van der Waals surface area (Å²) in [7, 11) is 0. The summed E-state index contributed by atoms with van der Waals surface area (Å²) < 4.78 is 5.29. The number of hydrogen-bond acceptors (Lipinski definition) is 5. The maximum Gasteiger partial charge on any atom is 0.335 e. The van der Waals surface area contributed by atoms with Gasteiger partial charge in [-0.05, 0) is 30.5 Å². The minimum absolute atomic E-state index is 0.0327. The van der Waals surface area contributed by atoms with Crippen LogP contribution in [0.15, 0.2) is 28.8 Å². The highest BCUT2D eigenvalue weighted by atomic mass is 16.5. The summed E-state index contributed by atoms with van der Waals surface area (Å²) in [6.07, 6.45) is 2.10. The van der Waals surface area contributed by atoms with Crippen LogP contribution in [0, 0.1) is 0 Å². The monoisotopic (exact) mass is 357 g/mol. The first kappa shape index (κ1) is 18.1. The van der Waals surface area contributed by atoms with Crippen LogP contribution >= 0.6 is 0 Å². The number of hydrogen-bond donors (Lipinski definition) is 1. The number of aromatic carboxylic acids is 1. The third-order valence-corrected chi connectivity index (χ3v) is 4.65. The zero-order chi connectivity index (χ0) is 18.7. The van der Waals surface area contributed by atoms with E-state index in [9.17, 15) is 9.59 Å². The van der Waals surface area contributed by atoms with Gasteiger partial charge in [0.25, 0.3) is 0 Å². The fourth-order valence-electron chi connectivity index (χ4n) is 3.11. The van der Waals surface area contributed by atoms with Crippen molar-refractivity contribution in [1.82, 2.24) is 15.0 Å². The molecule has 0 bridgehead atoms.